The Balaban J connectivity index is 1.69. The zero-order valence-corrected chi connectivity index (χ0v) is 16.0. The Labute approximate surface area is 155 Å². The lowest BCUT2D eigenvalue weighted by Gasteiger charge is -2.06. The summed E-state index contributed by atoms with van der Waals surface area (Å²) in [6, 6.07) is 14.7. The number of amides is 2. The van der Waals surface area contributed by atoms with Crippen LogP contribution < -0.4 is 10.6 Å². The third kappa shape index (κ3) is 6.76. The number of carbonyl (C=O) groups is 2. The van der Waals surface area contributed by atoms with E-state index in [4.69, 9.17) is 0 Å². The molecule has 2 aromatic rings. The summed E-state index contributed by atoms with van der Waals surface area (Å²) in [7, 11) is 0. The predicted molar refractivity (Wildman–Crippen MR) is 103 cm³/mol. The van der Waals surface area contributed by atoms with Crippen molar-refractivity contribution in [3.63, 3.8) is 0 Å². The molecule has 23 heavy (non-hydrogen) atoms. The highest BCUT2D eigenvalue weighted by Crippen LogP contribution is 2.16. The third-order valence-electron chi connectivity index (χ3n) is 2.72. The SMILES string of the molecule is O=C(CSCC(=O)Nc1ccc(Br)cc1)Nc1ccc(Br)cc1. The van der Waals surface area contributed by atoms with Gasteiger partial charge in [0, 0.05) is 20.3 Å². The Morgan fingerprint density at radius 1 is 0.739 bits per heavy atom. The average molecular weight is 458 g/mol. The van der Waals surface area contributed by atoms with Gasteiger partial charge in [0.1, 0.15) is 0 Å². The van der Waals surface area contributed by atoms with Crippen molar-refractivity contribution in [2.75, 3.05) is 22.1 Å². The molecule has 120 valence electrons. The van der Waals surface area contributed by atoms with Crippen molar-refractivity contribution in [2.45, 2.75) is 0 Å². The molecular weight excluding hydrogens is 444 g/mol. The summed E-state index contributed by atoms with van der Waals surface area (Å²) in [5, 5.41) is 5.56. The fourth-order valence-electron chi connectivity index (χ4n) is 1.70. The third-order valence-corrected chi connectivity index (χ3v) is 4.71. The van der Waals surface area contributed by atoms with Crippen molar-refractivity contribution in [3.05, 3.63) is 57.5 Å². The molecule has 0 bridgehead atoms. The highest BCUT2D eigenvalue weighted by molar-refractivity contribution is 9.10. The fraction of sp³-hybridized carbons (Fsp3) is 0.125. The van der Waals surface area contributed by atoms with Crippen molar-refractivity contribution in [1.82, 2.24) is 0 Å². The predicted octanol–water partition coefficient (Wildman–Crippen LogP) is 4.52. The van der Waals surface area contributed by atoms with E-state index in [0.29, 0.717) is 0 Å². The summed E-state index contributed by atoms with van der Waals surface area (Å²) < 4.78 is 1.91. The highest BCUT2D eigenvalue weighted by atomic mass is 79.9. The van der Waals surface area contributed by atoms with E-state index in [0.717, 1.165) is 20.3 Å². The number of nitrogens with one attached hydrogen (secondary N) is 2. The Morgan fingerprint density at radius 2 is 1.09 bits per heavy atom. The van der Waals surface area contributed by atoms with Gasteiger partial charge in [0.15, 0.2) is 0 Å². The molecule has 0 fully saturated rings. The van der Waals surface area contributed by atoms with E-state index in [2.05, 4.69) is 42.5 Å². The van der Waals surface area contributed by atoms with Gasteiger partial charge in [0.2, 0.25) is 11.8 Å². The molecule has 2 rings (SSSR count). The van der Waals surface area contributed by atoms with Crippen molar-refractivity contribution in [2.24, 2.45) is 0 Å². The minimum absolute atomic E-state index is 0.131. The smallest absolute Gasteiger partial charge is 0.234 e. The highest BCUT2D eigenvalue weighted by Gasteiger charge is 2.06. The van der Waals surface area contributed by atoms with E-state index in [1.807, 2.05) is 48.5 Å². The molecule has 2 N–H and O–H groups in total. The van der Waals surface area contributed by atoms with Crippen LogP contribution in [0.4, 0.5) is 11.4 Å². The summed E-state index contributed by atoms with van der Waals surface area (Å²) in [4.78, 5) is 23.6. The lowest BCUT2D eigenvalue weighted by molar-refractivity contribution is -0.114. The quantitative estimate of drug-likeness (QED) is 0.670. The number of benzene rings is 2. The molecule has 0 atom stereocenters. The lowest BCUT2D eigenvalue weighted by atomic mass is 10.3. The van der Waals surface area contributed by atoms with E-state index in [1.165, 1.54) is 11.8 Å². The van der Waals surface area contributed by atoms with Gasteiger partial charge in [0.05, 0.1) is 11.5 Å². The Morgan fingerprint density at radius 3 is 1.43 bits per heavy atom. The van der Waals surface area contributed by atoms with Crippen LogP contribution in [0.5, 0.6) is 0 Å². The van der Waals surface area contributed by atoms with E-state index in [9.17, 15) is 9.59 Å². The average Bonchev–Trinajstić information content (AvgIpc) is 2.52. The second-order valence-corrected chi connectivity index (χ2v) is 7.42. The maximum Gasteiger partial charge on any atom is 0.234 e. The first kappa shape index (κ1) is 18.0. The van der Waals surface area contributed by atoms with Crippen LogP contribution in [-0.4, -0.2) is 23.3 Å². The second kappa shape index (κ2) is 9.10. The number of halogens is 2. The second-order valence-electron chi connectivity index (χ2n) is 4.60. The van der Waals surface area contributed by atoms with Crippen molar-refractivity contribution in [3.8, 4) is 0 Å². The molecule has 0 radical (unpaired) electrons. The first-order valence-electron chi connectivity index (χ1n) is 6.71. The molecule has 0 aliphatic heterocycles. The van der Waals surface area contributed by atoms with Gasteiger partial charge in [-0.15, -0.1) is 11.8 Å². The van der Waals surface area contributed by atoms with Crippen LogP contribution in [-0.2, 0) is 9.59 Å². The van der Waals surface area contributed by atoms with Gasteiger partial charge < -0.3 is 10.6 Å². The minimum atomic E-state index is -0.131. The normalized spacial score (nSPS) is 10.2. The molecule has 4 nitrogen and oxygen atoms in total. The van der Waals surface area contributed by atoms with Crippen LogP contribution in [0.1, 0.15) is 0 Å². The molecule has 0 saturated carbocycles. The fourth-order valence-corrected chi connectivity index (χ4v) is 2.84. The van der Waals surface area contributed by atoms with Crippen molar-refractivity contribution < 1.29 is 9.59 Å². The van der Waals surface area contributed by atoms with E-state index >= 15 is 0 Å². The summed E-state index contributed by atoms with van der Waals surface area (Å²) >= 11 is 7.95. The zero-order valence-electron chi connectivity index (χ0n) is 12.0. The van der Waals surface area contributed by atoms with Crippen LogP contribution in [0.15, 0.2) is 57.5 Å². The number of anilines is 2. The molecule has 2 amide bonds. The summed E-state index contributed by atoms with van der Waals surface area (Å²) in [5.74, 6) is 0.190. The zero-order chi connectivity index (χ0) is 16.7. The van der Waals surface area contributed by atoms with Crippen LogP contribution in [0.3, 0.4) is 0 Å². The van der Waals surface area contributed by atoms with Crippen LogP contribution in [0, 0.1) is 0 Å². The Hall–Kier alpha value is -1.31. The summed E-state index contributed by atoms with van der Waals surface area (Å²) in [6.07, 6.45) is 0. The standard InChI is InChI=1S/C16H14Br2N2O2S/c17-11-1-5-13(6-2-11)19-15(21)9-23-10-16(22)20-14-7-3-12(18)4-8-14/h1-8H,9-10H2,(H,19,21)(H,20,22). The lowest BCUT2D eigenvalue weighted by Crippen LogP contribution is -2.18. The van der Waals surface area contributed by atoms with Crippen LogP contribution in [0.2, 0.25) is 0 Å². The van der Waals surface area contributed by atoms with Crippen LogP contribution >= 0.6 is 43.6 Å². The molecule has 0 heterocycles. The minimum Gasteiger partial charge on any atom is -0.325 e. The first-order chi connectivity index (χ1) is 11.0. The maximum atomic E-state index is 11.8. The molecular formula is C16H14Br2N2O2S. The molecule has 0 aromatic heterocycles. The number of hydrogen-bond donors (Lipinski definition) is 2. The van der Waals surface area contributed by atoms with Gasteiger partial charge in [-0.1, -0.05) is 31.9 Å². The van der Waals surface area contributed by atoms with E-state index in [-0.39, 0.29) is 23.3 Å². The number of carbonyl (C=O) groups excluding carboxylic acids is 2. The number of thioether (sulfide) groups is 1. The van der Waals surface area contributed by atoms with Gasteiger partial charge in [-0.3, -0.25) is 9.59 Å². The molecule has 0 aliphatic rings. The molecule has 0 saturated heterocycles. The van der Waals surface area contributed by atoms with Crippen molar-refractivity contribution in [1.29, 1.82) is 0 Å². The monoisotopic (exact) mass is 456 g/mol. The van der Waals surface area contributed by atoms with E-state index < -0.39 is 0 Å². The largest absolute Gasteiger partial charge is 0.325 e. The number of rotatable bonds is 6. The molecule has 2 aromatic carbocycles. The molecule has 0 spiro atoms. The van der Waals surface area contributed by atoms with Crippen molar-refractivity contribution >= 4 is 66.8 Å². The Bertz CT molecular complexity index is 616. The topological polar surface area (TPSA) is 58.2 Å². The molecule has 0 aliphatic carbocycles. The summed E-state index contributed by atoms with van der Waals surface area (Å²) in [5.41, 5.74) is 1.47. The van der Waals surface area contributed by atoms with Gasteiger partial charge in [0.25, 0.3) is 0 Å². The molecule has 0 unspecified atom stereocenters. The first-order valence-corrected chi connectivity index (χ1v) is 9.45. The molecule has 7 heteroatoms. The van der Waals surface area contributed by atoms with Gasteiger partial charge >= 0.3 is 0 Å². The Kier molecular flexibility index (Phi) is 7.14. The number of hydrogen-bond acceptors (Lipinski definition) is 3. The van der Waals surface area contributed by atoms with Crippen LogP contribution in [0.25, 0.3) is 0 Å². The van der Waals surface area contributed by atoms with Gasteiger partial charge in [-0.05, 0) is 48.5 Å². The van der Waals surface area contributed by atoms with Gasteiger partial charge in [-0.2, -0.15) is 0 Å². The maximum absolute atomic E-state index is 11.8. The van der Waals surface area contributed by atoms with Gasteiger partial charge in [-0.25, -0.2) is 0 Å². The summed E-state index contributed by atoms with van der Waals surface area (Å²) in [6.45, 7) is 0. The van der Waals surface area contributed by atoms with E-state index in [1.54, 1.807) is 0 Å².